The van der Waals surface area contributed by atoms with Crippen LogP contribution in [0.15, 0.2) is 41.7 Å². The van der Waals surface area contributed by atoms with Crippen molar-refractivity contribution in [2.24, 2.45) is 11.1 Å². The van der Waals surface area contributed by atoms with Crippen molar-refractivity contribution in [2.45, 2.75) is 44.9 Å². The first-order chi connectivity index (χ1) is 17.3. The number of halogens is 5. The number of hydrogen-bond donors (Lipinski definition) is 3. The van der Waals surface area contributed by atoms with Crippen molar-refractivity contribution in [1.29, 1.82) is 5.41 Å². The number of benzene rings is 1. The second kappa shape index (κ2) is 10.3. The van der Waals surface area contributed by atoms with Crippen LogP contribution < -0.4 is 11.1 Å². The molecule has 1 aromatic carbocycles. The van der Waals surface area contributed by atoms with E-state index in [0.717, 1.165) is 40.4 Å². The third kappa shape index (κ3) is 5.49. The topological polar surface area (TPSA) is 120 Å². The summed E-state index contributed by atoms with van der Waals surface area (Å²) in [5.41, 5.74) is 3.37. The van der Waals surface area contributed by atoms with Gasteiger partial charge in [0, 0.05) is 31.5 Å². The fourth-order valence-corrected chi connectivity index (χ4v) is 4.23. The lowest BCUT2D eigenvalue weighted by atomic mass is 9.96. The molecule has 1 saturated heterocycles. The summed E-state index contributed by atoms with van der Waals surface area (Å²) in [5.74, 6) is -5.88. The molecule has 0 radical (unpaired) electrons. The molecular formula is C24H26F5N5O3. The molecule has 0 spiro atoms. The highest BCUT2D eigenvalue weighted by molar-refractivity contribution is 6.35. The Balaban J connectivity index is 1.94. The number of nitrogens with two attached hydrogens (primary N) is 1. The second-order valence-electron chi connectivity index (χ2n) is 9.14. The first-order valence-electron chi connectivity index (χ1n) is 11.3. The Bertz CT molecular complexity index is 1180. The lowest BCUT2D eigenvalue weighted by Crippen LogP contribution is -2.61. The molecule has 1 aliphatic carbocycles. The van der Waals surface area contributed by atoms with E-state index in [1.165, 1.54) is 13.0 Å². The van der Waals surface area contributed by atoms with Gasteiger partial charge in [-0.3, -0.25) is 14.4 Å². The number of carbonyl (C=O) groups excluding carboxylic acids is 3. The van der Waals surface area contributed by atoms with Gasteiger partial charge >= 0.3 is 18.0 Å². The van der Waals surface area contributed by atoms with Gasteiger partial charge in [0.15, 0.2) is 11.6 Å². The number of carbonyl (C=O) groups is 3. The smallest absolute Gasteiger partial charge is 0.403 e. The van der Waals surface area contributed by atoms with Crippen LogP contribution in [0, 0.1) is 22.5 Å². The summed E-state index contributed by atoms with van der Waals surface area (Å²) < 4.78 is 68.5. The van der Waals surface area contributed by atoms with E-state index in [1.807, 2.05) is 0 Å². The molecule has 0 unspecified atom stereocenters. The zero-order valence-corrected chi connectivity index (χ0v) is 20.0. The number of alkyl halides is 3. The number of amides is 3. The van der Waals surface area contributed by atoms with Gasteiger partial charge < -0.3 is 26.3 Å². The van der Waals surface area contributed by atoms with Crippen LogP contribution in [0.1, 0.15) is 38.3 Å². The first-order valence-corrected chi connectivity index (χ1v) is 11.3. The van der Waals surface area contributed by atoms with Crippen molar-refractivity contribution in [3.8, 4) is 0 Å². The predicted octanol–water partition coefficient (Wildman–Crippen LogP) is 2.92. The molecule has 3 amide bonds. The second-order valence-corrected chi connectivity index (χ2v) is 9.14. The van der Waals surface area contributed by atoms with Crippen molar-refractivity contribution in [2.75, 3.05) is 13.1 Å². The van der Waals surface area contributed by atoms with Crippen molar-refractivity contribution in [1.82, 2.24) is 15.1 Å². The highest BCUT2D eigenvalue weighted by Gasteiger charge is 2.70. The van der Waals surface area contributed by atoms with Crippen LogP contribution in [0.3, 0.4) is 0 Å². The minimum absolute atomic E-state index is 0.00394. The molecule has 0 bridgehead atoms. The first kappa shape index (κ1) is 27.8. The number of nitrogens with one attached hydrogen (secondary N) is 2. The van der Waals surface area contributed by atoms with Gasteiger partial charge in [0.05, 0.1) is 11.7 Å². The number of piperazine rings is 1. The van der Waals surface area contributed by atoms with Gasteiger partial charge in [0.25, 0.3) is 0 Å². The maximum atomic E-state index is 14.0. The average Bonchev–Trinajstić information content (AvgIpc) is 3.66. The van der Waals surface area contributed by atoms with Crippen molar-refractivity contribution < 1.29 is 36.3 Å². The minimum Gasteiger partial charge on any atom is -0.403 e. The molecule has 4 N–H and O–H groups in total. The van der Waals surface area contributed by atoms with Crippen LogP contribution in [0.2, 0.25) is 0 Å². The third-order valence-corrected chi connectivity index (χ3v) is 6.53. The standard InChI is InChI=1S/C24H26F5N5O3/c1-13(9-30)7-16(10-31)32-20(35)21(36)34-11-14(2)33(22(37)23(5-6-23)24(27,28)29)12-19(34)15-3-4-17(25)18(26)8-15/h3-4,7-10,14,19,30H,5-6,11-12,31H2,1-2H3,(H,32,35)/b13-7-,16-10+,30-9?/t14-,19-/m1/s1. The highest BCUT2D eigenvalue weighted by atomic mass is 19.4. The SMILES string of the molecule is C/C(C=N)=C/C(=C\N)NC(=O)C(=O)N1C[C@@H](C)N(C(=O)C2(C(F)(F)F)CC2)C[C@@H]1c1ccc(F)c(F)c1. The molecule has 2 aliphatic rings. The molecule has 8 nitrogen and oxygen atoms in total. The maximum Gasteiger partial charge on any atom is 0.403 e. The molecule has 1 aromatic rings. The van der Waals surface area contributed by atoms with Crippen molar-refractivity contribution >= 4 is 23.9 Å². The van der Waals surface area contributed by atoms with E-state index in [1.54, 1.807) is 6.92 Å². The van der Waals surface area contributed by atoms with Gasteiger partial charge in [-0.1, -0.05) is 6.07 Å². The lowest BCUT2D eigenvalue weighted by molar-refractivity contribution is -0.201. The Morgan fingerprint density at radius 3 is 2.30 bits per heavy atom. The molecule has 1 aliphatic heterocycles. The van der Waals surface area contributed by atoms with Crippen molar-refractivity contribution in [3.63, 3.8) is 0 Å². The Hall–Kier alpha value is -3.77. The number of allylic oxidation sites excluding steroid dienone is 2. The monoisotopic (exact) mass is 527 g/mol. The van der Waals surface area contributed by atoms with Crippen LogP contribution in [0.5, 0.6) is 0 Å². The van der Waals surface area contributed by atoms with Gasteiger partial charge in [-0.2, -0.15) is 13.2 Å². The van der Waals surface area contributed by atoms with Gasteiger partial charge in [0.2, 0.25) is 5.91 Å². The summed E-state index contributed by atoms with van der Waals surface area (Å²) in [4.78, 5) is 40.9. The summed E-state index contributed by atoms with van der Waals surface area (Å²) >= 11 is 0. The summed E-state index contributed by atoms with van der Waals surface area (Å²) in [7, 11) is 0. The predicted molar refractivity (Wildman–Crippen MR) is 123 cm³/mol. The third-order valence-electron chi connectivity index (χ3n) is 6.53. The molecule has 13 heteroatoms. The molecule has 1 heterocycles. The van der Waals surface area contributed by atoms with E-state index in [-0.39, 0.29) is 30.6 Å². The number of nitrogens with zero attached hydrogens (tertiary/aromatic N) is 2. The van der Waals surface area contributed by atoms with Gasteiger partial charge in [0.1, 0.15) is 5.41 Å². The Labute approximate surface area is 209 Å². The zero-order chi connectivity index (χ0) is 27.7. The molecule has 1 saturated carbocycles. The summed E-state index contributed by atoms with van der Waals surface area (Å²) in [6.07, 6.45) is -2.18. The quantitative estimate of drug-likeness (QED) is 0.236. The fraction of sp³-hybridized carbons (Fsp3) is 0.417. The van der Waals surface area contributed by atoms with Crippen LogP contribution in [-0.2, 0) is 14.4 Å². The van der Waals surface area contributed by atoms with E-state index in [2.05, 4.69) is 5.32 Å². The van der Waals surface area contributed by atoms with Gasteiger partial charge in [-0.05, 0) is 56.0 Å². The Kier molecular flexibility index (Phi) is 7.75. The van der Waals surface area contributed by atoms with Crippen LogP contribution >= 0.6 is 0 Å². The molecule has 3 rings (SSSR count). The van der Waals surface area contributed by atoms with E-state index >= 15 is 0 Å². The molecule has 200 valence electrons. The number of hydrogen-bond acceptors (Lipinski definition) is 5. The largest absolute Gasteiger partial charge is 0.403 e. The Morgan fingerprint density at radius 1 is 1.14 bits per heavy atom. The molecule has 2 fully saturated rings. The van der Waals surface area contributed by atoms with Crippen LogP contribution in [0.4, 0.5) is 22.0 Å². The normalized spacial score (nSPS) is 21.9. The number of rotatable bonds is 5. The van der Waals surface area contributed by atoms with Crippen LogP contribution in [0.25, 0.3) is 0 Å². The average molecular weight is 527 g/mol. The summed E-state index contributed by atoms with van der Waals surface area (Å²) in [6, 6.07) is 0.555. The van der Waals surface area contributed by atoms with Gasteiger partial charge in [-0.25, -0.2) is 8.78 Å². The van der Waals surface area contributed by atoms with Crippen LogP contribution in [-0.4, -0.2) is 59.0 Å². The zero-order valence-electron chi connectivity index (χ0n) is 20.0. The fourth-order valence-electron chi connectivity index (χ4n) is 4.23. The minimum atomic E-state index is -4.76. The lowest BCUT2D eigenvalue weighted by Gasteiger charge is -2.46. The molecule has 37 heavy (non-hydrogen) atoms. The summed E-state index contributed by atoms with van der Waals surface area (Å²) in [6.45, 7) is 2.18. The van der Waals surface area contributed by atoms with E-state index < -0.39 is 59.6 Å². The van der Waals surface area contributed by atoms with Crippen molar-refractivity contribution in [3.05, 3.63) is 58.9 Å². The van der Waals surface area contributed by atoms with E-state index in [0.29, 0.717) is 5.57 Å². The van der Waals surface area contributed by atoms with Gasteiger partial charge in [-0.15, -0.1) is 0 Å². The highest BCUT2D eigenvalue weighted by Crippen LogP contribution is 2.59. The molecule has 2 atom stereocenters. The van der Waals surface area contributed by atoms with E-state index in [9.17, 15) is 36.3 Å². The Morgan fingerprint density at radius 2 is 1.78 bits per heavy atom. The molecular weight excluding hydrogens is 501 g/mol. The summed E-state index contributed by atoms with van der Waals surface area (Å²) in [5, 5.41) is 9.50. The van der Waals surface area contributed by atoms with E-state index in [4.69, 9.17) is 11.1 Å². The maximum absolute atomic E-state index is 14.0. The molecule has 0 aromatic heterocycles.